The zero-order chi connectivity index (χ0) is 24.2. The van der Waals surface area contributed by atoms with E-state index < -0.39 is 70.6 Å². The molecular formula is C21H20O12. The van der Waals surface area contributed by atoms with E-state index in [-0.39, 0.29) is 22.3 Å². The first-order chi connectivity index (χ1) is 15.5. The minimum Gasteiger partial charge on any atom is -0.504 e. The van der Waals surface area contributed by atoms with Crippen molar-refractivity contribution in [2.45, 2.75) is 37.6 Å². The van der Waals surface area contributed by atoms with Gasteiger partial charge in [-0.15, -0.1) is 0 Å². The molecule has 176 valence electrons. The van der Waals surface area contributed by atoms with Crippen molar-refractivity contribution in [1.29, 1.82) is 0 Å². The maximum Gasteiger partial charge on any atom is 0.229 e. The van der Waals surface area contributed by atoms with Crippen LogP contribution in [0.15, 0.2) is 33.5 Å². The maximum atomic E-state index is 12.9. The van der Waals surface area contributed by atoms with Gasteiger partial charge in [-0.05, 0) is 19.1 Å². The van der Waals surface area contributed by atoms with Crippen LogP contribution in [0.5, 0.6) is 34.5 Å². The summed E-state index contributed by atoms with van der Waals surface area (Å²) in [5, 5.41) is 79.0. The monoisotopic (exact) mass is 464 g/mol. The summed E-state index contributed by atoms with van der Waals surface area (Å²) < 4.78 is 16.3. The summed E-state index contributed by atoms with van der Waals surface area (Å²) in [6.07, 6.45) is -7.43. The maximum absolute atomic E-state index is 12.9. The SMILES string of the molecule is CC1OC(Oc2c(O)c(O)cc3oc(-c4cc(O)c(O)c(O)c4)cc(=O)c23)C(O)C(O)C1O. The van der Waals surface area contributed by atoms with Gasteiger partial charge in [-0.25, -0.2) is 0 Å². The third-order valence-corrected chi connectivity index (χ3v) is 5.32. The van der Waals surface area contributed by atoms with Crippen LogP contribution in [0.3, 0.4) is 0 Å². The Morgan fingerprint density at radius 1 is 0.818 bits per heavy atom. The lowest BCUT2D eigenvalue weighted by atomic mass is 10.00. The van der Waals surface area contributed by atoms with Crippen molar-refractivity contribution in [2.24, 2.45) is 0 Å². The molecule has 8 N–H and O–H groups in total. The van der Waals surface area contributed by atoms with Crippen molar-refractivity contribution in [2.75, 3.05) is 0 Å². The lowest BCUT2D eigenvalue weighted by Crippen LogP contribution is -2.58. The van der Waals surface area contributed by atoms with Crippen molar-refractivity contribution in [3.63, 3.8) is 0 Å². The number of hydrogen-bond acceptors (Lipinski definition) is 12. The zero-order valence-electron chi connectivity index (χ0n) is 16.9. The molecule has 0 amide bonds. The van der Waals surface area contributed by atoms with E-state index in [1.807, 2.05) is 0 Å². The predicted octanol–water partition coefficient (Wildman–Crippen LogP) is 0.194. The van der Waals surface area contributed by atoms with Crippen LogP contribution in [0.25, 0.3) is 22.3 Å². The minimum absolute atomic E-state index is 0.00815. The highest BCUT2D eigenvalue weighted by Crippen LogP contribution is 2.44. The topological polar surface area (TPSA) is 211 Å². The molecule has 0 aliphatic carbocycles. The van der Waals surface area contributed by atoms with Gasteiger partial charge in [0.05, 0.1) is 6.10 Å². The molecule has 2 heterocycles. The summed E-state index contributed by atoms with van der Waals surface area (Å²) in [7, 11) is 0. The molecule has 1 aromatic heterocycles. The Bertz CT molecular complexity index is 1260. The van der Waals surface area contributed by atoms with E-state index in [9.17, 15) is 45.6 Å². The largest absolute Gasteiger partial charge is 0.504 e. The molecule has 1 aliphatic heterocycles. The smallest absolute Gasteiger partial charge is 0.229 e. The summed E-state index contributed by atoms with van der Waals surface area (Å²) in [5.41, 5.74) is -1.06. The Morgan fingerprint density at radius 2 is 1.42 bits per heavy atom. The van der Waals surface area contributed by atoms with Crippen molar-refractivity contribution < 1.29 is 54.7 Å². The molecule has 5 atom stereocenters. The van der Waals surface area contributed by atoms with E-state index in [0.717, 1.165) is 24.3 Å². The molecule has 0 spiro atoms. The van der Waals surface area contributed by atoms with Crippen LogP contribution in [0, 0.1) is 0 Å². The van der Waals surface area contributed by atoms with Gasteiger partial charge in [-0.1, -0.05) is 0 Å². The fraction of sp³-hybridized carbons (Fsp3) is 0.286. The highest BCUT2D eigenvalue weighted by molar-refractivity contribution is 5.89. The number of fused-ring (bicyclic) bond motifs is 1. The average Bonchev–Trinajstić information content (AvgIpc) is 2.76. The number of ether oxygens (including phenoxy) is 2. The number of hydrogen-bond donors (Lipinski definition) is 8. The molecular weight excluding hydrogens is 444 g/mol. The number of aliphatic hydroxyl groups is 3. The third-order valence-electron chi connectivity index (χ3n) is 5.32. The van der Waals surface area contributed by atoms with Gasteiger partial charge in [-0.2, -0.15) is 0 Å². The van der Waals surface area contributed by atoms with E-state index in [4.69, 9.17) is 13.9 Å². The fourth-order valence-corrected chi connectivity index (χ4v) is 3.49. The second-order valence-electron chi connectivity index (χ2n) is 7.58. The van der Waals surface area contributed by atoms with Gasteiger partial charge < -0.3 is 54.7 Å². The number of aliphatic hydroxyl groups excluding tert-OH is 3. The van der Waals surface area contributed by atoms with Crippen molar-refractivity contribution >= 4 is 11.0 Å². The van der Waals surface area contributed by atoms with E-state index in [1.165, 1.54) is 6.92 Å². The minimum atomic E-state index is -1.76. The van der Waals surface area contributed by atoms with E-state index in [2.05, 4.69) is 0 Å². The highest BCUT2D eigenvalue weighted by Gasteiger charge is 2.43. The van der Waals surface area contributed by atoms with Gasteiger partial charge in [0.2, 0.25) is 12.0 Å². The standard InChI is InChI=1S/C21H20O12/c1-6-15(26)18(29)19(30)21(31-6)33-20-14-8(22)4-12(32-13(14)5-11(25)17(20)28)7-2-9(23)16(27)10(24)3-7/h2-6,15,18-19,21,23-30H,1H3. The molecule has 3 aromatic rings. The third kappa shape index (κ3) is 3.74. The summed E-state index contributed by atoms with van der Waals surface area (Å²) in [6.45, 7) is 1.40. The van der Waals surface area contributed by atoms with Crippen LogP contribution in [-0.4, -0.2) is 71.6 Å². The van der Waals surface area contributed by atoms with Gasteiger partial charge >= 0.3 is 0 Å². The van der Waals surface area contributed by atoms with E-state index in [0.29, 0.717) is 0 Å². The van der Waals surface area contributed by atoms with Crippen LogP contribution >= 0.6 is 0 Å². The molecule has 5 unspecified atom stereocenters. The number of phenolic OH excluding ortho intramolecular Hbond substituents is 5. The van der Waals surface area contributed by atoms with Crippen molar-refractivity contribution in [3.05, 3.63) is 34.5 Å². The van der Waals surface area contributed by atoms with Crippen LogP contribution < -0.4 is 10.2 Å². The first kappa shape index (κ1) is 22.5. The number of phenols is 5. The first-order valence-corrected chi connectivity index (χ1v) is 9.64. The summed E-state index contributed by atoms with van der Waals surface area (Å²) in [4.78, 5) is 12.9. The van der Waals surface area contributed by atoms with Crippen LogP contribution in [-0.2, 0) is 4.74 Å². The molecule has 2 aromatic carbocycles. The van der Waals surface area contributed by atoms with Gasteiger partial charge in [-0.3, -0.25) is 4.79 Å². The molecule has 4 rings (SSSR count). The molecule has 12 nitrogen and oxygen atoms in total. The zero-order valence-corrected chi connectivity index (χ0v) is 16.9. The fourth-order valence-electron chi connectivity index (χ4n) is 3.49. The Morgan fingerprint density at radius 3 is 2.06 bits per heavy atom. The summed E-state index contributed by atoms with van der Waals surface area (Å²) in [6, 6.07) is 3.91. The Hall–Kier alpha value is -3.71. The van der Waals surface area contributed by atoms with Gasteiger partial charge in [0.15, 0.2) is 34.2 Å². The highest BCUT2D eigenvalue weighted by atomic mass is 16.7. The molecule has 1 aliphatic rings. The first-order valence-electron chi connectivity index (χ1n) is 9.64. The van der Waals surface area contributed by atoms with Gasteiger partial charge in [0, 0.05) is 17.7 Å². The second-order valence-corrected chi connectivity index (χ2v) is 7.58. The Kier molecular flexibility index (Phi) is 5.46. The van der Waals surface area contributed by atoms with Gasteiger partial charge in [0.1, 0.15) is 35.0 Å². The molecule has 0 saturated carbocycles. The number of rotatable bonds is 3. The van der Waals surface area contributed by atoms with Gasteiger partial charge in [0.25, 0.3) is 0 Å². The number of benzene rings is 2. The Balaban J connectivity index is 1.83. The van der Waals surface area contributed by atoms with Crippen molar-refractivity contribution in [1.82, 2.24) is 0 Å². The molecule has 12 heteroatoms. The summed E-state index contributed by atoms with van der Waals surface area (Å²) >= 11 is 0. The molecule has 0 radical (unpaired) electrons. The molecule has 1 saturated heterocycles. The lowest BCUT2D eigenvalue weighted by molar-refractivity contribution is -0.268. The Labute approximate surface area is 184 Å². The van der Waals surface area contributed by atoms with Crippen LogP contribution in [0.2, 0.25) is 0 Å². The van der Waals surface area contributed by atoms with Crippen LogP contribution in [0.4, 0.5) is 0 Å². The summed E-state index contributed by atoms with van der Waals surface area (Å²) in [5.74, 6) is -4.53. The predicted molar refractivity (Wildman–Crippen MR) is 109 cm³/mol. The quantitative estimate of drug-likeness (QED) is 0.244. The average molecular weight is 464 g/mol. The number of aromatic hydroxyl groups is 5. The normalized spacial score (nSPS) is 25.3. The molecule has 33 heavy (non-hydrogen) atoms. The second kappa shape index (κ2) is 8.01. The molecule has 0 bridgehead atoms. The lowest BCUT2D eigenvalue weighted by Gasteiger charge is -2.39. The van der Waals surface area contributed by atoms with E-state index >= 15 is 0 Å². The van der Waals surface area contributed by atoms with E-state index in [1.54, 1.807) is 0 Å². The van der Waals surface area contributed by atoms with Crippen molar-refractivity contribution in [3.8, 4) is 45.8 Å². The van der Waals surface area contributed by atoms with Crippen LogP contribution in [0.1, 0.15) is 6.92 Å². The molecule has 1 fully saturated rings.